The Morgan fingerprint density at radius 1 is 1.18 bits per heavy atom. The quantitative estimate of drug-likeness (QED) is 0.446. The summed E-state index contributed by atoms with van der Waals surface area (Å²) in [5, 5.41) is 12.9. The predicted molar refractivity (Wildman–Crippen MR) is 167 cm³/mol. The molecule has 5 rings (SSSR count). The highest BCUT2D eigenvalue weighted by Crippen LogP contribution is 2.40. The van der Waals surface area contributed by atoms with Crippen LogP contribution in [0.3, 0.4) is 0 Å². The molecule has 0 spiro atoms. The minimum Gasteiger partial charge on any atom is -0.497 e. The molecule has 3 heterocycles. The topological polar surface area (TPSA) is 127 Å². The van der Waals surface area contributed by atoms with Crippen molar-refractivity contribution in [2.24, 2.45) is 16.3 Å². The van der Waals surface area contributed by atoms with Crippen molar-refractivity contribution < 1.29 is 33.7 Å². The minimum absolute atomic E-state index is 0.123. The van der Waals surface area contributed by atoms with Gasteiger partial charge in [-0.15, -0.1) is 0 Å². The Kier molecular flexibility index (Phi) is 9.68. The van der Waals surface area contributed by atoms with Crippen molar-refractivity contribution >= 4 is 29.4 Å². The number of amides is 2. The van der Waals surface area contributed by atoms with Crippen molar-refractivity contribution in [3.05, 3.63) is 35.4 Å². The zero-order valence-corrected chi connectivity index (χ0v) is 26.6. The van der Waals surface area contributed by atoms with Gasteiger partial charge in [-0.25, -0.2) is 9.59 Å². The first-order chi connectivity index (χ1) is 21.0. The summed E-state index contributed by atoms with van der Waals surface area (Å²) in [5.41, 5.74) is 3.39. The molecule has 3 aliphatic heterocycles. The van der Waals surface area contributed by atoms with Crippen molar-refractivity contribution in [1.29, 1.82) is 0 Å². The first-order valence-corrected chi connectivity index (χ1v) is 16.1. The smallest absolute Gasteiger partial charge is 0.408 e. The fourth-order valence-electron chi connectivity index (χ4n) is 6.64. The molecule has 2 N–H and O–H groups in total. The van der Waals surface area contributed by atoms with Gasteiger partial charge in [0.15, 0.2) is 0 Å². The first-order valence-electron chi connectivity index (χ1n) is 16.1. The highest BCUT2D eigenvalue weighted by molar-refractivity contribution is 6.03. The highest BCUT2D eigenvalue weighted by atomic mass is 16.6. The van der Waals surface area contributed by atoms with E-state index < -0.39 is 41.6 Å². The van der Waals surface area contributed by atoms with E-state index in [9.17, 15) is 19.5 Å². The summed E-state index contributed by atoms with van der Waals surface area (Å²) < 4.78 is 17.6. The number of aliphatic carboxylic acids is 1. The van der Waals surface area contributed by atoms with Gasteiger partial charge in [-0.05, 0) is 72.8 Å². The van der Waals surface area contributed by atoms with Crippen molar-refractivity contribution in [2.45, 2.75) is 109 Å². The van der Waals surface area contributed by atoms with E-state index in [0.29, 0.717) is 5.92 Å². The lowest BCUT2D eigenvalue weighted by molar-refractivity contribution is -0.150. The molecular formula is C34H47N3O7. The van der Waals surface area contributed by atoms with Crippen LogP contribution < -0.4 is 10.1 Å². The molecular weight excluding hydrogens is 562 g/mol. The number of carbonyl (C=O) groups excluding carboxylic acids is 2. The maximum Gasteiger partial charge on any atom is 0.408 e. The Morgan fingerprint density at radius 2 is 1.98 bits per heavy atom. The van der Waals surface area contributed by atoms with Gasteiger partial charge in [0, 0.05) is 24.6 Å². The summed E-state index contributed by atoms with van der Waals surface area (Å²) in [7, 11) is 1.67. The van der Waals surface area contributed by atoms with Crippen LogP contribution in [0.25, 0.3) is 0 Å². The van der Waals surface area contributed by atoms with Gasteiger partial charge >= 0.3 is 12.1 Å². The van der Waals surface area contributed by atoms with Crippen LogP contribution >= 0.6 is 0 Å². The van der Waals surface area contributed by atoms with E-state index in [2.05, 4.69) is 24.4 Å². The van der Waals surface area contributed by atoms with Crippen molar-refractivity contribution in [1.82, 2.24) is 10.2 Å². The average Bonchev–Trinajstić information content (AvgIpc) is 3.59. The fourth-order valence-corrected chi connectivity index (χ4v) is 6.64. The first kappa shape index (κ1) is 32.0. The molecule has 2 saturated heterocycles. The van der Waals surface area contributed by atoms with Crippen molar-refractivity contribution in [3.8, 4) is 5.75 Å². The summed E-state index contributed by atoms with van der Waals surface area (Å²) in [5.74, 6) is -0.284. The standard InChI is InChI=1S/C34H47N3O7/c1-6-20-14-22-19-43-24-17-28(32(39)40)37(18-24)31(38)30(34(2,3)4)36-33(41)44-29-15-21(29)10-8-7-9-11-26(22)35-27-13-12-23(42-5)16-25(20)27/h12-14,16,20-21,24,28-30H,6-11,15,17-19H2,1-5H3,(H,36,41)(H,39,40). The third kappa shape index (κ3) is 7.28. The SMILES string of the molecule is CCC1C=C2COC3CC(C(=O)O)N(C3)C(=O)C(C(C)(C)C)NC(=O)OC3CC3CCCCCC2=Nc2ccc(OC)cc21. The molecule has 1 aromatic rings. The number of hydrogen-bond acceptors (Lipinski definition) is 7. The molecule has 2 bridgehead atoms. The van der Waals surface area contributed by atoms with Crippen LogP contribution in [0, 0.1) is 11.3 Å². The van der Waals surface area contributed by atoms with Gasteiger partial charge in [0.05, 0.1) is 25.5 Å². The number of carboxylic acid groups (broad SMARTS) is 1. The van der Waals surface area contributed by atoms with Crippen molar-refractivity contribution in [3.63, 3.8) is 0 Å². The lowest BCUT2D eigenvalue weighted by Gasteiger charge is -2.34. The van der Waals surface area contributed by atoms with E-state index in [0.717, 1.165) is 73.2 Å². The van der Waals surface area contributed by atoms with E-state index in [-0.39, 0.29) is 31.6 Å². The lowest BCUT2D eigenvalue weighted by Crippen LogP contribution is -2.57. The van der Waals surface area contributed by atoms with Crippen LogP contribution in [0.15, 0.2) is 34.8 Å². The Hall–Kier alpha value is -3.40. The summed E-state index contributed by atoms with van der Waals surface area (Å²) in [6.45, 7) is 8.10. The highest BCUT2D eigenvalue weighted by Gasteiger charge is 2.46. The van der Waals surface area contributed by atoms with Crippen LogP contribution in [0.1, 0.15) is 90.5 Å². The molecule has 10 heteroatoms. The summed E-state index contributed by atoms with van der Waals surface area (Å²) in [6.07, 6.45) is 7.68. The monoisotopic (exact) mass is 609 g/mol. The Morgan fingerprint density at radius 3 is 2.68 bits per heavy atom. The normalized spacial score (nSPS) is 30.0. The Labute approximate surface area is 260 Å². The number of carboxylic acids is 1. The molecule has 4 aliphatic rings. The molecule has 2 amide bonds. The van der Waals surface area contributed by atoms with Gasteiger partial charge < -0.3 is 29.5 Å². The zero-order chi connectivity index (χ0) is 31.6. The van der Waals surface area contributed by atoms with E-state index in [4.69, 9.17) is 19.2 Å². The third-order valence-corrected chi connectivity index (χ3v) is 9.39. The maximum atomic E-state index is 13.9. The number of ether oxygens (including phenoxy) is 3. The molecule has 240 valence electrons. The van der Waals surface area contributed by atoms with Gasteiger partial charge in [0.1, 0.15) is 23.9 Å². The maximum absolute atomic E-state index is 13.9. The van der Waals surface area contributed by atoms with Crippen molar-refractivity contribution in [2.75, 3.05) is 20.3 Å². The number of hydrogen-bond donors (Lipinski definition) is 2. The van der Waals surface area contributed by atoms with Crippen LogP contribution in [0.4, 0.5) is 10.5 Å². The molecule has 0 aromatic heterocycles. The molecule has 6 unspecified atom stereocenters. The number of fused-ring (bicyclic) bond motifs is 5. The average molecular weight is 610 g/mol. The van der Waals surface area contributed by atoms with E-state index >= 15 is 0 Å². The minimum atomic E-state index is -1.09. The molecule has 1 aromatic carbocycles. The number of carbonyl (C=O) groups is 3. The lowest BCUT2D eigenvalue weighted by atomic mass is 9.85. The second-order valence-electron chi connectivity index (χ2n) is 13.7. The number of nitrogens with one attached hydrogen (secondary N) is 1. The van der Waals surface area contributed by atoms with Crippen LogP contribution in [0.2, 0.25) is 0 Å². The summed E-state index contributed by atoms with van der Waals surface area (Å²) in [6, 6.07) is 4.02. The second-order valence-corrected chi connectivity index (χ2v) is 13.7. The van der Waals surface area contributed by atoms with Gasteiger partial charge in [0.2, 0.25) is 5.91 Å². The van der Waals surface area contributed by atoms with Crippen LogP contribution in [-0.2, 0) is 19.1 Å². The van der Waals surface area contributed by atoms with E-state index in [1.807, 2.05) is 32.9 Å². The number of alkyl carbamates (subject to hydrolysis) is 1. The van der Waals surface area contributed by atoms with Crippen LogP contribution in [0.5, 0.6) is 5.75 Å². The molecule has 1 saturated carbocycles. The van der Waals surface area contributed by atoms with E-state index in [1.165, 1.54) is 4.90 Å². The second kappa shape index (κ2) is 13.3. The number of methoxy groups -OCH3 is 1. The molecule has 1 aliphatic carbocycles. The van der Waals surface area contributed by atoms with Gasteiger partial charge in [-0.1, -0.05) is 46.6 Å². The molecule has 3 fully saturated rings. The number of rotatable bonds is 3. The third-order valence-electron chi connectivity index (χ3n) is 9.39. The number of nitrogens with zero attached hydrogens (tertiary/aromatic N) is 2. The summed E-state index contributed by atoms with van der Waals surface area (Å²) in [4.78, 5) is 45.6. The summed E-state index contributed by atoms with van der Waals surface area (Å²) >= 11 is 0. The molecule has 6 atom stereocenters. The van der Waals surface area contributed by atoms with Crippen LogP contribution in [-0.4, -0.2) is 78.2 Å². The molecule has 0 radical (unpaired) electrons. The van der Waals surface area contributed by atoms with Gasteiger partial charge in [-0.3, -0.25) is 9.79 Å². The van der Waals surface area contributed by atoms with E-state index in [1.54, 1.807) is 7.11 Å². The Balaban J connectivity index is 1.44. The van der Waals surface area contributed by atoms with Gasteiger partial charge in [0.25, 0.3) is 0 Å². The zero-order valence-electron chi connectivity index (χ0n) is 26.6. The number of allylic oxidation sites excluding steroid dienone is 1. The van der Waals surface area contributed by atoms with Gasteiger partial charge in [-0.2, -0.15) is 0 Å². The largest absolute Gasteiger partial charge is 0.497 e. The number of aliphatic imine (C=N–C) groups is 1. The Bertz CT molecular complexity index is 1320. The molecule has 10 nitrogen and oxygen atoms in total. The predicted octanol–water partition coefficient (Wildman–Crippen LogP) is 5.77. The molecule has 44 heavy (non-hydrogen) atoms. The fraction of sp³-hybridized carbons (Fsp3) is 0.647. The number of benzene rings is 1.